The highest BCUT2D eigenvalue weighted by Crippen LogP contribution is 2.29. The summed E-state index contributed by atoms with van der Waals surface area (Å²) < 4.78 is 25.3. The summed E-state index contributed by atoms with van der Waals surface area (Å²) in [5.74, 6) is -1.28. The predicted molar refractivity (Wildman–Crippen MR) is 76.3 cm³/mol. The highest BCUT2D eigenvalue weighted by molar-refractivity contribution is 7.89. The van der Waals surface area contributed by atoms with Crippen molar-refractivity contribution >= 4 is 27.4 Å². The molecule has 0 aliphatic carbocycles. The molecule has 0 radical (unpaired) electrons. The highest BCUT2D eigenvalue weighted by atomic mass is 32.2. The van der Waals surface area contributed by atoms with Crippen LogP contribution in [0.3, 0.4) is 0 Å². The molecule has 0 heterocycles. The van der Waals surface area contributed by atoms with Crippen LogP contribution in [0.15, 0.2) is 35.2 Å². The Morgan fingerprint density at radius 3 is 2.39 bits per heavy atom. The molecule has 0 aliphatic heterocycles. The van der Waals surface area contributed by atoms with Gasteiger partial charge < -0.3 is 5.11 Å². The fourth-order valence-electron chi connectivity index (χ4n) is 1.55. The first kappa shape index (κ1) is 18.2. The van der Waals surface area contributed by atoms with Gasteiger partial charge in [0.1, 0.15) is 0 Å². The first-order valence-corrected chi connectivity index (χ1v) is 7.30. The van der Waals surface area contributed by atoms with E-state index in [1.54, 1.807) is 0 Å². The van der Waals surface area contributed by atoms with Gasteiger partial charge in [0.15, 0.2) is 4.90 Å². The quantitative estimate of drug-likeness (QED) is 0.430. The number of carboxylic acid groups (broad SMARTS) is 1. The molecule has 0 aliphatic rings. The number of sulfonamides is 1. The van der Waals surface area contributed by atoms with E-state index in [0.29, 0.717) is 10.4 Å². The van der Waals surface area contributed by atoms with Crippen molar-refractivity contribution in [1.82, 2.24) is 4.31 Å². The van der Waals surface area contributed by atoms with E-state index in [-0.39, 0.29) is 6.54 Å². The Morgan fingerprint density at radius 1 is 1.30 bits per heavy atom. The highest BCUT2D eigenvalue weighted by Gasteiger charge is 2.31. The standard InChI is InChI=1S/C11H11N3O8S/c1-12(6-2-3-11(15)16)23(21,22)10-5-4-8(13(17)18)7-9(10)14(19)20/h2-5,7H,6H2,1H3,(H,15,16). The summed E-state index contributed by atoms with van der Waals surface area (Å²) >= 11 is 0. The fourth-order valence-corrected chi connectivity index (χ4v) is 2.80. The third-order valence-corrected chi connectivity index (χ3v) is 4.53. The van der Waals surface area contributed by atoms with Crippen molar-refractivity contribution in [2.24, 2.45) is 0 Å². The van der Waals surface area contributed by atoms with Gasteiger partial charge >= 0.3 is 5.97 Å². The van der Waals surface area contributed by atoms with Gasteiger partial charge in [0.25, 0.3) is 11.4 Å². The Morgan fingerprint density at radius 2 is 1.91 bits per heavy atom. The van der Waals surface area contributed by atoms with Gasteiger partial charge in [-0.15, -0.1) is 0 Å². The maximum atomic E-state index is 12.3. The lowest BCUT2D eigenvalue weighted by molar-refractivity contribution is -0.396. The van der Waals surface area contributed by atoms with Crippen molar-refractivity contribution in [3.8, 4) is 0 Å². The average Bonchev–Trinajstić information content (AvgIpc) is 2.45. The van der Waals surface area contributed by atoms with Gasteiger partial charge in [-0.3, -0.25) is 20.2 Å². The molecule has 0 saturated heterocycles. The van der Waals surface area contributed by atoms with Gasteiger partial charge in [-0.25, -0.2) is 13.2 Å². The summed E-state index contributed by atoms with van der Waals surface area (Å²) in [6.07, 6.45) is 1.76. The first-order chi connectivity index (χ1) is 10.6. The molecule has 1 rings (SSSR count). The molecule has 0 spiro atoms. The number of rotatable bonds is 7. The minimum Gasteiger partial charge on any atom is -0.478 e. The molecule has 124 valence electrons. The number of nitro benzene ring substituents is 2. The first-order valence-electron chi connectivity index (χ1n) is 5.86. The minimum absolute atomic E-state index is 0.344. The van der Waals surface area contributed by atoms with E-state index in [1.165, 1.54) is 0 Å². The van der Waals surface area contributed by atoms with E-state index in [2.05, 4.69) is 0 Å². The Balaban J connectivity index is 3.29. The van der Waals surface area contributed by atoms with Crippen molar-refractivity contribution in [3.05, 3.63) is 50.6 Å². The molecule has 0 aromatic heterocycles. The van der Waals surface area contributed by atoms with E-state index < -0.39 is 42.1 Å². The summed E-state index contributed by atoms with van der Waals surface area (Å²) in [6, 6.07) is 2.15. The average molecular weight is 345 g/mol. The van der Waals surface area contributed by atoms with Crippen molar-refractivity contribution < 1.29 is 28.2 Å². The summed E-state index contributed by atoms with van der Waals surface area (Å²) in [5.41, 5.74) is -1.56. The van der Waals surface area contributed by atoms with Gasteiger partial charge in [0.2, 0.25) is 10.0 Å². The van der Waals surface area contributed by atoms with Crippen LogP contribution in [0.1, 0.15) is 0 Å². The van der Waals surface area contributed by atoms with Crippen LogP contribution < -0.4 is 0 Å². The largest absolute Gasteiger partial charge is 0.478 e. The maximum absolute atomic E-state index is 12.3. The Hall–Kier alpha value is -2.86. The van der Waals surface area contributed by atoms with Crippen LogP contribution in [0.5, 0.6) is 0 Å². The van der Waals surface area contributed by atoms with Crippen LogP contribution in [-0.2, 0) is 14.8 Å². The SMILES string of the molecule is CN(CC=CC(=O)O)S(=O)(=O)c1ccc([N+](=O)[O-])cc1[N+](=O)[O-]. The van der Waals surface area contributed by atoms with E-state index >= 15 is 0 Å². The topological polar surface area (TPSA) is 161 Å². The van der Waals surface area contributed by atoms with Crippen LogP contribution in [0, 0.1) is 20.2 Å². The van der Waals surface area contributed by atoms with Crippen LogP contribution in [-0.4, -0.2) is 47.2 Å². The Bertz CT molecular complexity index is 786. The molecule has 1 aromatic rings. The zero-order valence-electron chi connectivity index (χ0n) is 11.6. The molecular weight excluding hydrogens is 334 g/mol. The monoisotopic (exact) mass is 345 g/mol. The molecule has 23 heavy (non-hydrogen) atoms. The Kier molecular flexibility index (Phi) is 5.48. The van der Waals surface area contributed by atoms with E-state index in [0.717, 1.165) is 31.3 Å². The smallest absolute Gasteiger partial charge is 0.328 e. The number of hydrogen-bond acceptors (Lipinski definition) is 7. The van der Waals surface area contributed by atoms with Crippen molar-refractivity contribution in [1.29, 1.82) is 0 Å². The van der Waals surface area contributed by atoms with Gasteiger partial charge in [-0.05, 0) is 6.07 Å². The number of carboxylic acids is 1. The number of nitro groups is 2. The zero-order valence-corrected chi connectivity index (χ0v) is 12.5. The molecule has 11 nitrogen and oxygen atoms in total. The molecule has 0 atom stereocenters. The number of benzene rings is 1. The van der Waals surface area contributed by atoms with E-state index in [9.17, 15) is 33.4 Å². The second kappa shape index (κ2) is 6.93. The molecule has 0 amide bonds. The van der Waals surface area contributed by atoms with Crippen LogP contribution in [0.2, 0.25) is 0 Å². The third kappa shape index (κ3) is 4.31. The lowest BCUT2D eigenvalue weighted by atomic mass is 10.3. The van der Waals surface area contributed by atoms with Crippen LogP contribution in [0.25, 0.3) is 0 Å². The number of likely N-dealkylation sites (N-methyl/N-ethyl adjacent to an activating group) is 1. The van der Waals surface area contributed by atoms with Crippen molar-refractivity contribution in [2.75, 3.05) is 13.6 Å². The maximum Gasteiger partial charge on any atom is 0.328 e. The number of non-ortho nitro benzene ring substituents is 1. The van der Waals surface area contributed by atoms with E-state index in [4.69, 9.17) is 5.11 Å². The molecule has 1 aromatic carbocycles. The molecular formula is C11H11N3O8S. The molecule has 0 saturated carbocycles. The van der Waals surface area contributed by atoms with E-state index in [1.807, 2.05) is 0 Å². The lowest BCUT2D eigenvalue weighted by Crippen LogP contribution is -2.27. The zero-order chi connectivity index (χ0) is 17.8. The second-order valence-electron chi connectivity index (χ2n) is 4.19. The fraction of sp³-hybridized carbons (Fsp3) is 0.182. The number of hydrogen-bond donors (Lipinski definition) is 1. The minimum atomic E-state index is -4.33. The van der Waals surface area contributed by atoms with Gasteiger partial charge in [0.05, 0.1) is 15.9 Å². The molecule has 0 bridgehead atoms. The summed E-state index contributed by atoms with van der Waals surface area (Å²) in [7, 11) is -3.24. The molecule has 1 N–H and O–H groups in total. The van der Waals surface area contributed by atoms with Crippen LogP contribution >= 0.6 is 0 Å². The molecule has 0 unspecified atom stereocenters. The number of carbonyl (C=O) groups is 1. The summed E-state index contributed by atoms with van der Waals surface area (Å²) in [6.45, 7) is -0.344. The van der Waals surface area contributed by atoms with Crippen molar-refractivity contribution in [2.45, 2.75) is 4.90 Å². The lowest BCUT2D eigenvalue weighted by Gasteiger charge is -2.15. The molecule has 12 heteroatoms. The summed E-state index contributed by atoms with van der Waals surface area (Å²) in [4.78, 5) is 29.3. The van der Waals surface area contributed by atoms with Crippen LogP contribution in [0.4, 0.5) is 11.4 Å². The molecule has 0 fully saturated rings. The third-order valence-electron chi connectivity index (χ3n) is 2.66. The van der Waals surface area contributed by atoms with Gasteiger partial charge in [-0.2, -0.15) is 4.31 Å². The summed E-state index contributed by atoms with van der Waals surface area (Å²) in [5, 5.41) is 30.0. The Labute approximate surface area is 129 Å². The second-order valence-corrected chi connectivity index (χ2v) is 6.21. The normalized spacial score (nSPS) is 11.7. The number of nitrogens with zero attached hydrogens (tertiary/aromatic N) is 3. The van der Waals surface area contributed by atoms with Crippen molar-refractivity contribution in [3.63, 3.8) is 0 Å². The number of aliphatic carboxylic acids is 1. The van der Waals surface area contributed by atoms with Gasteiger partial charge in [-0.1, -0.05) is 6.08 Å². The predicted octanol–water partition coefficient (Wildman–Crippen LogP) is 0.764. The van der Waals surface area contributed by atoms with Gasteiger partial charge in [0, 0.05) is 25.7 Å².